The van der Waals surface area contributed by atoms with Crippen molar-refractivity contribution in [1.82, 2.24) is 5.48 Å². The van der Waals surface area contributed by atoms with E-state index in [2.05, 4.69) is 59.3 Å². The zero-order valence-electron chi connectivity index (χ0n) is 12.9. The molecule has 5 rings (SSSR count). The zero-order chi connectivity index (χ0) is 16.2. The average Bonchev–Trinajstić information content (AvgIpc) is 2.67. The van der Waals surface area contributed by atoms with Crippen LogP contribution in [0.1, 0.15) is 5.56 Å². The molecule has 2 aliphatic heterocycles. The van der Waals surface area contributed by atoms with Crippen molar-refractivity contribution in [2.75, 3.05) is 5.32 Å². The number of benzene rings is 3. The monoisotopic (exact) mass is 332 g/mol. The van der Waals surface area contributed by atoms with E-state index in [1.54, 1.807) is 6.20 Å². The molecular weight excluding hydrogens is 316 g/mol. The number of para-hydroxylation sites is 3. The molecule has 2 heterocycles. The van der Waals surface area contributed by atoms with Crippen LogP contribution in [-0.2, 0) is 0 Å². The topological polar surface area (TPSA) is 33.3 Å². The van der Waals surface area contributed by atoms with Gasteiger partial charge in [0, 0.05) is 21.6 Å². The highest BCUT2D eigenvalue weighted by Crippen LogP contribution is 2.43. The molecule has 3 nitrogen and oxygen atoms in total. The lowest BCUT2D eigenvalue weighted by atomic mass is 10.2. The maximum Gasteiger partial charge on any atom is 0.162 e. The van der Waals surface area contributed by atoms with Crippen LogP contribution in [0.3, 0.4) is 0 Å². The van der Waals surface area contributed by atoms with E-state index in [-0.39, 0.29) is 0 Å². The third-order valence-corrected chi connectivity index (χ3v) is 4.83. The number of rotatable bonds is 0. The molecule has 0 atom stereocenters. The molecule has 2 N–H and O–H groups in total. The van der Waals surface area contributed by atoms with Crippen LogP contribution in [0.2, 0.25) is 0 Å². The second-order valence-corrected chi connectivity index (χ2v) is 6.39. The molecule has 0 bridgehead atoms. The summed E-state index contributed by atoms with van der Waals surface area (Å²) in [5.41, 5.74) is 6.18. The van der Waals surface area contributed by atoms with Crippen LogP contribution >= 0.6 is 11.8 Å². The van der Waals surface area contributed by atoms with E-state index < -0.39 is 0 Å². The first-order valence-electron chi connectivity index (χ1n) is 7.71. The molecule has 0 fully saturated rings. The van der Waals surface area contributed by atoms with Crippen LogP contribution < -0.4 is 15.6 Å². The predicted molar refractivity (Wildman–Crippen MR) is 99.5 cm³/mol. The lowest BCUT2D eigenvalue weighted by Gasteiger charge is -2.19. The van der Waals surface area contributed by atoms with Crippen molar-refractivity contribution in [2.24, 2.45) is 0 Å². The number of fused-ring (bicyclic) bond motifs is 3. The summed E-state index contributed by atoms with van der Waals surface area (Å²) in [5, 5.41) is 3.42. The summed E-state index contributed by atoms with van der Waals surface area (Å²) in [4.78, 5) is 7.68. The zero-order valence-corrected chi connectivity index (χ0v) is 13.7. The van der Waals surface area contributed by atoms with Crippen molar-refractivity contribution < 1.29 is 4.84 Å². The van der Waals surface area contributed by atoms with Crippen LogP contribution in [0.4, 0.5) is 11.4 Å². The van der Waals surface area contributed by atoms with E-state index in [9.17, 15) is 0 Å². The molecule has 4 heteroatoms. The van der Waals surface area contributed by atoms with Gasteiger partial charge in [-0.25, -0.2) is 5.48 Å². The molecule has 3 aromatic rings. The molecule has 118 valence electrons. The van der Waals surface area contributed by atoms with Crippen LogP contribution in [0.25, 0.3) is 6.08 Å². The first kappa shape index (κ1) is 14.7. The Hall–Kier alpha value is -2.85. The minimum atomic E-state index is 0.880. The third kappa shape index (κ3) is 3.09. The van der Waals surface area contributed by atoms with Gasteiger partial charge in [0.2, 0.25) is 0 Å². The molecular formula is C20H16N2OS. The van der Waals surface area contributed by atoms with Crippen LogP contribution in [0, 0.1) is 0 Å². The van der Waals surface area contributed by atoms with E-state index in [0.717, 1.165) is 11.3 Å². The molecule has 0 unspecified atom stereocenters. The standard InChI is InChI=1S/C12H9NS.C8H7NO/c1-3-7-11-9(5-1)13-10-6-2-4-8-12(10)14-11;1-2-4-8-7(3-1)5-6-9-10-8/h1-8,13H;1-6,9H. The van der Waals surface area contributed by atoms with Gasteiger partial charge in [-0.15, -0.1) is 0 Å². The summed E-state index contributed by atoms with van der Waals surface area (Å²) < 4.78 is 0. The van der Waals surface area contributed by atoms with Gasteiger partial charge in [-0.3, -0.25) is 0 Å². The predicted octanol–water partition coefficient (Wildman–Crippen LogP) is 5.45. The Bertz CT molecular complexity index is 805. The number of hydroxylamine groups is 1. The molecule has 0 spiro atoms. The van der Waals surface area contributed by atoms with Gasteiger partial charge in [0.05, 0.1) is 11.4 Å². The Morgan fingerprint density at radius 2 is 1.33 bits per heavy atom. The van der Waals surface area contributed by atoms with Crippen molar-refractivity contribution in [3.63, 3.8) is 0 Å². The Balaban J connectivity index is 0.000000129. The number of anilines is 2. The van der Waals surface area contributed by atoms with Gasteiger partial charge in [-0.2, -0.15) is 0 Å². The maximum absolute atomic E-state index is 5.09. The molecule has 0 aromatic heterocycles. The first-order chi connectivity index (χ1) is 11.9. The summed E-state index contributed by atoms with van der Waals surface area (Å²) in [5.74, 6) is 0.880. The van der Waals surface area contributed by atoms with Gasteiger partial charge in [0.15, 0.2) is 5.75 Å². The molecule has 3 aromatic carbocycles. The van der Waals surface area contributed by atoms with E-state index >= 15 is 0 Å². The smallest absolute Gasteiger partial charge is 0.162 e. The van der Waals surface area contributed by atoms with E-state index in [0.29, 0.717) is 0 Å². The Kier molecular flexibility index (Phi) is 4.13. The fraction of sp³-hybridized carbons (Fsp3) is 0. The number of hydrogen-bond donors (Lipinski definition) is 2. The summed E-state index contributed by atoms with van der Waals surface area (Å²) in [6.07, 6.45) is 3.74. The summed E-state index contributed by atoms with van der Waals surface area (Å²) in [6, 6.07) is 24.6. The fourth-order valence-electron chi connectivity index (χ4n) is 2.51. The first-order valence-corrected chi connectivity index (χ1v) is 8.53. The minimum Gasteiger partial charge on any atom is -0.382 e. The van der Waals surface area contributed by atoms with E-state index in [4.69, 9.17) is 4.84 Å². The fourth-order valence-corrected chi connectivity index (χ4v) is 3.50. The molecule has 0 saturated carbocycles. The molecule has 0 saturated heterocycles. The van der Waals surface area contributed by atoms with Crippen molar-refractivity contribution in [3.05, 3.63) is 84.6 Å². The summed E-state index contributed by atoms with van der Waals surface area (Å²) in [6.45, 7) is 0. The molecule has 24 heavy (non-hydrogen) atoms. The normalized spacial score (nSPS) is 12.8. The van der Waals surface area contributed by atoms with Crippen molar-refractivity contribution >= 4 is 29.2 Å². The van der Waals surface area contributed by atoms with Crippen LogP contribution in [0.15, 0.2) is 88.8 Å². The molecule has 0 aliphatic carbocycles. The SMILES string of the molecule is C1=Cc2ccccc2ON1.c1ccc2c(c1)Nc1ccccc1S2. The minimum absolute atomic E-state index is 0.880. The molecule has 0 amide bonds. The second kappa shape index (κ2) is 6.72. The van der Waals surface area contributed by atoms with Gasteiger partial charge in [0.1, 0.15) is 0 Å². The third-order valence-electron chi connectivity index (χ3n) is 3.68. The van der Waals surface area contributed by atoms with Gasteiger partial charge < -0.3 is 10.2 Å². The maximum atomic E-state index is 5.09. The second-order valence-electron chi connectivity index (χ2n) is 5.31. The van der Waals surface area contributed by atoms with Crippen molar-refractivity contribution in [1.29, 1.82) is 0 Å². The van der Waals surface area contributed by atoms with Crippen LogP contribution in [-0.4, -0.2) is 0 Å². The summed E-state index contributed by atoms with van der Waals surface area (Å²) >= 11 is 1.82. The van der Waals surface area contributed by atoms with Crippen molar-refractivity contribution in [3.8, 4) is 5.75 Å². The highest BCUT2D eigenvalue weighted by atomic mass is 32.2. The van der Waals surface area contributed by atoms with Gasteiger partial charge in [-0.05, 0) is 36.4 Å². The highest BCUT2D eigenvalue weighted by molar-refractivity contribution is 7.99. The van der Waals surface area contributed by atoms with Crippen LogP contribution in [0.5, 0.6) is 5.75 Å². The van der Waals surface area contributed by atoms with Crippen molar-refractivity contribution in [2.45, 2.75) is 9.79 Å². The van der Waals surface area contributed by atoms with Gasteiger partial charge in [0.25, 0.3) is 0 Å². The average molecular weight is 332 g/mol. The van der Waals surface area contributed by atoms with E-state index in [1.807, 2.05) is 42.1 Å². The van der Waals surface area contributed by atoms with E-state index in [1.165, 1.54) is 21.2 Å². The largest absolute Gasteiger partial charge is 0.382 e. The number of hydrogen-bond acceptors (Lipinski definition) is 4. The van der Waals surface area contributed by atoms with Gasteiger partial charge >= 0.3 is 0 Å². The Labute approximate surface area is 145 Å². The highest BCUT2D eigenvalue weighted by Gasteiger charge is 2.13. The Morgan fingerprint density at radius 3 is 2.04 bits per heavy atom. The number of nitrogens with one attached hydrogen (secondary N) is 2. The summed E-state index contributed by atoms with van der Waals surface area (Å²) in [7, 11) is 0. The Morgan fingerprint density at radius 1 is 0.708 bits per heavy atom. The molecule has 2 aliphatic rings. The quantitative estimate of drug-likeness (QED) is 0.449. The van der Waals surface area contributed by atoms with Gasteiger partial charge in [-0.1, -0.05) is 54.2 Å². The lowest BCUT2D eigenvalue weighted by molar-refractivity contribution is 0.239. The molecule has 0 radical (unpaired) electrons. The lowest BCUT2D eigenvalue weighted by Crippen LogP contribution is -2.13.